The Kier molecular flexibility index (Phi) is 4.39. The van der Waals surface area contributed by atoms with Crippen LogP contribution >= 0.6 is 0 Å². The van der Waals surface area contributed by atoms with Crippen molar-refractivity contribution in [1.29, 1.82) is 0 Å². The summed E-state index contributed by atoms with van der Waals surface area (Å²) in [6.45, 7) is 3.24. The molecular formula is C21H25N3O2. The number of nitrogens with zero attached hydrogens (tertiary/aromatic N) is 2. The maximum absolute atomic E-state index is 13.5. The first kappa shape index (κ1) is 17.0. The Labute approximate surface area is 153 Å². The van der Waals surface area contributed by atoms with E-state index in [4.69, 9.17) is 10.7 Å². The van der Waals surface area contributed by atoms with Crippen LogP contribution in [0.25, 0.3) is 10.9 Å². The lowest BCUT2D eigenvalue weighted by atomic mass is 9.88. The van der Waals surface area contributed by atoms with E-state index in [1.165, 1.54) is 0 Å². The number of nitrogens with two attached hydrogens (primary N) is 1. The summed E-state index contributed by atoms with van der Waals surface area (Å²) in [5.41, 5.74) is 10.5. The Hall–Kier alpha value is -2.43. The molecule has 1 fully saturated rings. The minimum Gasteiger partial charge on any atom is -0.369 e. The molecule has 2 amide bonds. The summed E-state index contributed by atoms with van der Waals surface area (Å²) in [6, 6.07) is 6.16. The lowest BCUT2D eigenvalue weighted by Gasteiger charge is -2.32. The van der Waals surface area contributed by atoms with Gasteiger partial charge in [-0.15, -0.1) is 0 Å². The standard InChI is InChI=1S/C21H25N3O2/c1-13-6-7-18-16(12-13)19(15-4-2-3-5-17(15)23-18)21(26)24-10-8-14(9-11-24)20(22)25/h6-7,12,14H,2-5,8-11H2,1H3,(H2,22,25). The number of hydrogen-bond acceptors (Lipinski definition) is 3. The molecule has 0 atom stereocenters. The molecular weight excluding hydrogens is 326 g/mol. The predicted molar refractivity (Wildman–Crippen MR) is 101 cm³/mol. The second-order valence-corrected chi connectivity index (χ2v) is 7.61. The number of hydrogen-bond donors (Lipinski definition) is 1. The fourth-order valence-corrected chi connectivity index (χ4v) is 4.31. The molecule has 0 radical (unpaired) electrons. The summed E-state index contributed by atoms with van der Waals surface area (Å²) in [7, 11) is 0. The van der Waals surface area contributed by atoms with Gasteiger partial charge in [-0.3, -0.25) is 14.6 Å². The molecule has 5 heteroatoms. The number of fused-ring (bicyclic) bond motifs is 2. The minimum absolute atomic E-state index is 0.0871. The average molecular weight is 351 g/mol. The summed E-state index contributed by atoms with van der Waals surface area (Å²) in [5, 5.41) is 0.965. The van der Waals surface area contributed by atoms with Gasteiger partial charge in [0, 0.05) is 30.1 Å². The van der Waals surface area contributed by atoms with Crippen LogP contribution in [0.4, 0.5) is 0 Å². The number of carbonyl (C=O) groups is 2. The molecule has 2 aliphatic rings. The molecule has 2 N–H and O–H groups in total. The van der Waals surface area contributed by atoms with Crippen LogP contribution in [0.1, 0.15) is 52.9 Å². The Morgan fingerprint density at radius 1 is 1.15 bits per heavy atom. The van der Waals surface area contributed by atoms with Gasteiger partial charge in [-0.2, -0.15) is 0 Å². The average Bonchev–Trinajstić information content (AvgIpc) is 2.66. The monoisotopic (exact) mass is 351 g/mol. The van der Waals surface area contributed by atoms with Crippen LogP contribution in [0.15, 0.2) is 18.2 Å². The topological polar surface area (TPSA) is 76.3 Å². The van der Waals surface area contributed by atoms with E-state index in [1.54, 1.807) is 0 Å². The van der Waals surface area contributed by atoms with Crippen molar-refractivity contribution >= 4 is 22.7 Å². The van der Waals surface area contributed by atoms with E-state index < -0.39 is 0 Å². The fourth-order valence-electron chi connectivity index (χ4n) is 4.31. The number of aryl methyl sites for hydroxylation is 2. The van der Waals surface area contributed by atoms with Gasteiger partial charge in [-0.25, -0.2) is 0 Å². The molecule has 1 saturated heterocycles. The number of likely N-dealkylation sites (tertiary alicyclic amines) is 1. The first-order valence-corrected chi connectivity index (χ1v) is 9.55. The maximum Gasteiger partial charge on any atom is 0.254 e. The highest BCUT2D eigenvalue weighted by Crippen LogP contribution is 2.31. The molecule has 0 unspecified atom stereocenters. The van der Waals surface area contributed by atoms with Crippen molar-refractivity contribution in [3.05, 3.63) is 40.6 Å². The van der Waals surface area contributed by atoms with Crippen molar-refractivity contribution in [1.82, 2.24) is 9.88 Å². The van der Waals surface area contributed by atoms with Crippen molar-refractivity contribution < 1.29 is 9.59 Å². The zero-order valence-corrected chi connectivity index (χ0v) is 15.3. The molecule has 1 aliphatic heterocycles. The SMILES string of the molecule is Cc1ccc2nc3c(c(C(=O)N4CCC(C(N)=O)CC4)c2c1)CCCC3. The van der Waals surface area contributed by atoms with Crippen LogP contribution in [0.5, 0.6) is 0 Å². The number of benzene rings is 1. The van der Waals surface area contributed by atoms with Crippen molar-refractivity contribution in [2.75, 3.05) is 13.1 Å². The Bertz CT molecular complexity index is 882. The smallest absolute Gasteiger partial charge is 0.254 e. The van der Waals surface area contributed by atoms with Crippen LogP contribution in [-0.2, 0) is 17.6 Å². The van der Waals surface area contributed by atoms with Gasteiger partial charge in [-0.05, 0) is 63.1 Å². The van der Waals surface area contributed by atoms with Crippen molar-refractivity contribution in [2.24, 2.45) is 11.7 Å². The lowest BCUT2D eigenvalue weighted by Crippen LogP contribution is -2.42. The maximum atomic E-state index is 13.5. The van der Waals surface area contributed by atoms with Gasteiger partial charge in [0.1, 0.15) is 0 Å². The molecule has 1 aromatic carbocycles. The summed E-state index contributed by atoms with van der Waals surface area (Å²) < 4.78 is 0. The molecule has 0 saturated carbocycles. The van der Waals surface area contributed by atoms with E-state index in [2.05, 4.69) is 12.1 Å². The number of piperidine rings is 1. The highest BCUT2D eigenvalue weighted by molar-refractivity contribution is 6.08. The lowest BCUT2D eigenvalue weighted by molar-refractivity contribution is -0.123. The number of amides is 2. The Morgan fingerprint density at radius 2 is 1.88 bits per heavy atom. The van der Waals surface area contributed by atoms with Crippen molar-refractivity contribution in [2.45, 2.75) is 45.4 Å². The first-order chi connectivity index (χ1) is 12.5. The fraction of sp³-hybridized carbons (Fsp3) is 0.476. The second kappa shape index (κ2) is 6.71. The van der Waals surface area contributed by atoms with E-state index in [9.17, 15) is 9.59 Å². The minimum atomic E-state index is -0.250. The molecule has 26 heavy (non-hydrogen) atoms. The van der Waals surface area contributed by atoms with Crippen molar-refractivity contribution in [3.63, 3.8) is 0 Å². The third-order valence-electron chi connectivity index (χ3n) is 5.82. The predicted octanol–water partition coefficient (Wildman–Crippen LogP) is 2.76. The van der Waals surface area contributed by atoms with E-state index in [-0.39, 0.29) is 17.7 Å². The molecule has 0 bridgehead atoms. The first-order valence-electron chi connectivity index (χ1n) is 9.55. The van der Waals surface area contributed by atoms with Crippen LogP contribution in [0.2, 0.25) is 0 Å². The summed E-state index contributed by atoms with van der Waals surface area (Å²) in [4.78, 5) is 31.6. The summed E-state index contributed by atoms with van der Waals surface area (Å²) >= 11 is 0. The quantitative estimate of drug-likeness (QED) is 0.904. The van der Waals surface area contributed by atoms with Crippen LogP contribution in [0, 0.1) is 12.8 Å². The van der Waals surface area contributed by atoms with Crippen molar-refractivity contribution in [3.8, 4) is 0 Å². The highest BCUT2D eigenvalue weighted by atomic mass is 16.2. The molecule has 1 aliphatic carbocycles. The number of rotatable bonds is 2. The summed E-state index contributed by atoms with van der Waals surface area (Å²) in [6.07, 6.45) is 5.43. The van der Waals surface area contributed by atoms with E-state index in [1.807, 2.05) is 17.9 Å². The molecule has 4 rings (SSSR count). The van der Waals surface area contributed by atoms with Gasteiger partial charge in [0.25, 0.3) is 5.91 Å². The van der Waals surface area contributed by atoms with E-state index in [0.717, 1.165) is 59.0 Å². The third kappa shape index (κ3) is 2.96. The van der Waals surface area contributed by atoms with Crippen LogP contribution in [-0.4, -0.2) is 34.8 Å². The van der Waals surface area contributed by atoms with Gasteiger partial charge in [0.05, 0.1) is 11.1 Å². The van der Waals surface area contributed by atoms with Gasteiger partial charge >= 0.3 is 0 Å². The van der Waals surface area contributed by atoms with E-state index in [0.29, 0.717) is 25.9 Å². The summed E-state index contributed by atoms with van der Waals surface area (Å²) in [5.74, 6) is -0.270. The van der Waals surface area contributed by atoms with Crippen LogP contribution < -0.4 is 5.73 Å². The molecule has 136 valence electrons. The number of carbonyl (C=O) groups excluding carboxylic acids is 2. The zero-order valence-electron chi connectivity index (χ0n) is 15.3. The number of aromatic nitrogens is 1. The second-order valence-electron chi connectivity index (χ2n) is 7.61. The highest BCUT2D eigenvalue weighted by Gasteiger charge is 2.30. The number of pyridine rings is 1. The van der Waals surface area contributed by atoms with E-state index >= 15 is 0 Å². The zero-order chi connectivity index (χ0) is 18.3. The van der Waals surface area contributed by atoms with Gasteiger partial charge < -0.3 is 10.6 Å². The third-order valence-corrected chi connectivity index (χ3v) is 5.82. The van der Waals surface area contributed by atoms with Crippen LogP contribution in [0.3, 0.4) is 0 Å². The molecule has 5 nitrogen and oxygen atoms in total. The molecule has 0 spiro atoms. The van der Waals surface area contributed by atoms with Gasteiger partial charge in [0.15, 0.2) is 0 Å². The van der Waals surface area contributed by atoms with Gasteiger partial charge in [0.2, 0.25) is 5.91 Å². The van der Waals surface area contributed by atoms with Gasteiger partial charge in [-0.1, -0.05) is 11.6 Å². The molecule has 2 aromatic rings. The molecule has 2 heterocycles. The molecule has 1 aromatic heterocycles. The normalized spacial score (nSPS) is 18.0. The largest absolute Gasteiger partial charge is 0.369 e. The Morgan fingerprint density at radius 3 is 2.62 bits per heavy atom. The Balaban J connectivity index is 1.76. The number of primary amides is 1.